The van der Waals surface area contributed by atoms with E-state index >= 15 is 0 Å². The van der Waals surface area contributed by atoms with E-state index in [0.717, 1.165) is 17.5 Å². The highest BCUT2D eigenvalue weighted by atomic mass is 16.3. The number of nitrogens with zero attached hydrogens (tertiary/aromatic N) is 3. The highest BCUT2D eigenvalue weighted by Gasteiger charge is 2.14. The third-order valence-corrected chi connectivity index (χ3v) is 3.80. The zero-order valence-electron chi connectivity index (χ0n) is 13.8. The van der Waals surface area contributed by atoms with Gasteiger partial charge < -0.3 is 14.7 Å². The van der Waals surface area contributed by atoms with Gasteiger partial charge >= 0.3 is 0 Å². The quantitative estimate of drug-likeness (QED) is 0.779. The lowest BCUT2D eigenvalue weighted by Crippen LogP contribution is -2.19. The van der Waals surface area contributed by atoms with Gasteiger partial charge in [0.2, 0.25) is 5.95 Å². The van der Waals surface area contributed by atoms with Crippen LogP contribution in [0.15, 0.2) is 52.1 Å². The van der Waals surface area contributed by atoms with Crippen molar-refractivity contribution >= 4 is 5.95 Å². The SMILES string of the molecule is CC(C)CCn1cc(-c2cnc(N)nc2-c2ccco2)ccc1=O. The zero-order valence-corrected chi connectivity index (χ0v) is 13.8. The second kappa shape index (κ2) is 6.70. The van der Waals surface area contributed by atoms with Crippen LogP contribution in [0.4, 0.5) is 5.95 Å². The normalized spacial score (nSPS) is 11.1. The van der Waals surface area contributed by atoms with Gasteiger partial charge in [-0.15, -0.1) is 0 Å². The standard InChI is InChI=1S/C18H20N4O2/c1-12(2)7-8-22-11-13(5-6-16(22)23)14-10-20-18(19)21-17(14)15-4-3-9-24-15/h3-6,9-12H,7-8H2,1-2H3,(H2,19,20,21). The van der Waals surface area contributed by atoms with E-state index in [1.54, 1.807) is 35.2 Å². The average molecular weight is 324 g/mol. The smallest absolute Gasteiger partial charge is 0.250 e. The summed E-state index contributed by atoms with van der Waals surface area (Å²) in [5.41, 5.74) is 7.95. The molecule has 0 radical (unpaired) electrons. The number of hydrogen-bond acceptors (Lipinski definition) is 5. The molecule has 3 aromatic heterocycles. The van der Waals surface area contributed by atoms with E-state index in [1.165, 1.54) is 0 Å². The molecule has 0 bridgehead atoms. The lowest BCUT2D eigenvalue weighted by Gasteiger charge is -2.11. The van der Waals surface area contributed by atoms with Gasteiger partial charge in [-0.05, 0) is 30.5 Å². The highest BCUT2D eigenvalue weighted by Crippen LogP contribution is 2.30. The van der Waals surface area contributed by atoms with Crippen molar-refractivity contribution in [1.29, 1.82) is 0 Å². The van der Waals surface area contributed by atoms with Crippen LogP contribution in [0.25, 0.3) is 22.6 Å². The summed E-state index contributed by atoms with van der Waals surface area (Å²) in [6.07, 6.45) is 6.02. The molecule has 0 atom stereocenters. The Kier molecular flexibility index (Phi) is 4.46. The molecular formula is C18H20N4O2. The molecule has 0 amide bonds. The Bertz CT molecular complexity index is 882. The number of pyridine rings is 1. The molecule has 0 aliphatic carbocycles. The van der Waals surface area contributed by atoms with Crippen molar-refractivity contribution in [2.24, 2.45) is 5.92 Å². The van der Waals surface area contributed by atoms with Gasteiger partial charge in [-0.3, -0.25) is 4.79 Å². The lowest BCUT2D eigenvalue weighted by atomic mass is 10.1. The van der Waals surface area contributed by atoms with Gasteiger partial charge in [0.05, 0.1) is 6.26 Å². The van der Waals surface area contributed by atoms with Crippen molar-refractivity contribution in [3.8, 4) is 22.6 Å². The van der Waals surface area contributed by atoms with Gasteiger partial charge in [-0.1, -0.05) is 13.8 Å². The molecule has 0 aliphatic heterocycles. The van der Waals surface area contributed by atoms with Crippen molar-refractivity contribution in [3.63, 3.8) is 0 Å². The molecule has 0 saturated heterocycles. The van der Waals surface area contributed by atoms with Crippen molar-refractivity contribution in [2.45, 2.75) is 26.8 Å². The molecule has 3 rings (SSSR count). The number of nitrogen functional groups attached to an aromatic ring is 1. The summed E-state index contributed by atoms with van der Waals surface area (Å²) in [7, 11) is 0. The first-order valence-corrected chi connectivity index (χ1v) is 7.92. The molecule has 0 spiro atoms. The van der Waals surface area contributed by atoms with E-state index in [0.29, 0.717) is 23.9 Å². The lowest BCUT2D eigenvalue weighted by molar-refractivity contribution is 0.508. The minimum Gasteiger partial charge on any atom is -0.463 e. The van der Waals surface area contributed by atoms with E-state index in [9.17, 15) is 4.79 Å². The Morgan fingerprint density at radius 2 is 2.12 bits per heavy atom. The molecule has 0 saturated carbocycles. The van der Waals surface area contributed by atoms with Gasteiger partial charge in [0.25, 0.3) is 5.56 Å². The minimum atomic E-state index is -0.0182. The Hall–Kier alpha value is -2.89. The zero-order chi connectivity index (χ0) is 17.1. The summed E-state index contributed by atoms with van der Waals surface area (Å²) in [4.78, 5) is 20.5. The Morgan fingerprint density at radius 3 is 2.83 bits per heavy atom. The Morgan fingerprint density at radius 1 is 1.29 bits per heavy atom. The first-order chi connectivity index (χ1) is 11.5. The van der Waals surface area contributed by atoms with Crippen LogP contribution in [0, 0.1) is 5.92 Å². The third-order valence-electron chi connectivity index (χ3n) is 3.80. The largest absolute Gasteiger partial charge is 0.463 e. The highest BCUT2D eigenvalue weighted by molar-refractivity contribution is 5.78. The van der Waals surface area contributed by atoms with Gasteiger partial charge in [0.15, 0.2) is 5.76 Å². The number of aromatic nitrogens is 3. The monoisotopic (exact) mass is 324 g/mol. The first-order valence-electron chi connectivity index (χ1n) is 7.92. The second-order valence-corrected chi connectivity index (χ2v) is 6.10. The topological polar surface area (TPSA) is 86.9 Å². The summed E-state index contributed by atoms with van der Waals surface area (Å²) < 4.78 is 7.18. The molecule has 0 aromatic carbocycles. The van der Waals surface area contributed by atoms with E-state index in [1.807, 2.05) is 12.3 Å². The number of aryl methyl sites for hydroxylation is 1. The maximum Gasteiger partial charge on any atom is 0.250 e. The Balaban J connectivity index is 2.06. The van der Waals surface area contributed by atoms with Crippen LogP contribution in [-0.4, -0.2) is 14.5 Å². The molecule has 0 unspecified atom stereocenters. The third kappa shape index (κ3) is 3.37. The Labute approximate surface area is 140 Å². The molecule has 124 valence electrons. The van der Waals surface area contributed by atoms with Crippen LogP contribution in [0.2, 0.25) is 0 Å². The summed E-state index contributed by atoms with van der Waals surface area (Å²) in [5.74, 6) is 1.32. The number of hydrogen-bond donors (Lipinski definition) is 1. The first kappa shape index (κ1) is 16.0. The van der Waals surface area contributed by atoms with Gasteiger partial charge in [-0.2, -0.15) is 0 Å². The molecular weight excluding hydrogens is 304 g/mol. The predicted molar refractivity (Wildman–Crippen MR) is 93.3 cm³/mol. The van der Waals surface area contributed by atoms with E-state index < -0.39 is 0 Å². The van der Waals surface area contributed by atoms with Crippen molar-refractivity contribution in [2.75, 3.05) is 5.73 Å². The fourth-order valence-electron chi connectivity index (χ4n) is 2.47. The van der Waals surface area contributed by atoms with Crippen LogP contribution in [0.1, 0.15) is 20.3 Å². The summed E-state index contributed by atoms with van der Waals surface area (Å²) in [6, 6.07) is 6.95. The fraction of sp³-hybridized carbons (Fsp3) is 0.278. The molecule has 24 heavy (non-hydrogen) atoms. The van der Waals surface area contributed by atoms with Crippen LogP contribution < -0.4 is 11.3 Å². The van der Waals surface area contributed by atoms with Crippen LogP contribution in [-0.2, 0) is 6.54 Å². The molecule has 0 fully saturated rings. The second-order valence-electron chi connectivity index (χ2n) is 6.10. The fourth-order valence-corrected chi connectivity index (χ4v) is 2.47. The van der Waals surface area contributed by atoms with E-state index in [2.05, 4.69) is 23.8 Å². The molecule has 3 aromatic rings. The van der Waals surface area contributed by atoms with Crippen LogP contribution in [0.5, 0.6) is 0 Å². The van der Waals surface area contributed by atoms with E-state index in [4.69, 9.17) is 10.2 Å². The summed E-state index contributed by atoms with van der Waals surface area (Å²) in [6.45, 7) is 4.95. The number of nitrogens with two attached hydrogens (primary N) is 1. The molecule has 0 aliphatic rings. The maximum absolute atomic E-state index is 12.1. The number of furan rings is 1. The average Bonchev–Trinajstić information content (AvgIpc) is 3.08. The molecule has 6 heteroatoms. The summed E-state index contributed by atoms with van der Waals surface area (Å²) >= 11 is 0. The number of anilines is 1. The van der Waals surface area contributed by atoms with Gasteiger partial charge in [0, 0.05) is 36.1 Å². The van der Waals surface area contributed by atoms with Crippen molar-refractivity contribution in [3.05, 3.63) is 53.3 Å². The number of rotatable bonds is 5. The van der Waals surface area contributed by atoms with Crippen LogP contribution >= 0.6 is 0 Å². The van der Waals surface area contributed by atoms with Crippen molar-refractivity contribution in [1.82, 2.24) is 14.5 Å². The predicted octanol–water partition coefficient (Wildman–Crippen LogP) is 3.19. The molecule has 3 heterocycles. The molecule has 2 N–H and O–H groups in total. The van der Waals surface area contributed by atoms with Crippen LogP contribution in [0.3, 0.4) is 0 Å². The van der Waals surface area contributed by atoms with Gasteiger partial charge in [0.1, 0.15) is 5.69 Å². The van der Waals surface area contributed by atoms with Crippen molar-refractivity contribution < 1.29 is 4.42 Å². The van der Waals surface area contributed by atoms with Gasteiger partial charge in [-0.25, -0.2) is 9.97 Å². The summed E-state index contributed by atoms with van der Waals surface area (Å²) in [5, 5.41) is 0. The van der Waals surface area contributed by atoms with E-state index in [-0.39, 0.29) is 11.5 Å². The molecule has 6 nitrogen and oxygen atoms in total. The maximum atomic E-state index is 12.1. The minimum absolute atomic E-state index is 0.0182.